The van der Waals surface area contributed by atoms with Gasteiger partial charge in [0, 0.05) is 34.6 Å². The van der Waals surface area contributed by atoms with Crippen molar-refractivity contribution >= 4 is 27.6 Å². The third-order valence-corrected chi connectivity index (χ3v) is 6.32. The van der Waals surface area contributed by atoms with E-state index in [-0.39, 0.29) is 5.82 Å². The van der Waals surface area contributed by atoms with Crippen LogP contribution in [0.25, 0.3) is 55.8 Å². The van der Waals surface area contributed by atoms with E-state index in [9.17, 15) is 4.39 Å². The minimum Gasteiger partial charge on any atom is -0.358 e. The highest BCUT2D eigenvalue weighted by atomic mass is 19.1. The molecule has 0 atom stereocenters. The van der Waals surface area contributed by atoms with Crippen molar-refractivity contribution in [2.45, 2.75) is 20.3 Å². The topological polar surface area (TPSA) is 95.2 Å². The molecule has 4 aromatic heterocycles. The van der Waals surface area contributed by atoms with Gasteiger partial charge in [0.25, 0.3) is 0 Å². The van der Waals surface area contributed by atoms with Crippen LogP contribution in [-0.4, -0.2) is 30.1 Å². The van der Waals surface area contributed by atoms with E-state index in [1.165, 1.54) is 12.1 Å². The van der Waals surface area contributed by atoms with Crippen LogP contribution in [0.3, 0.4) is 0 Å². The van der Waals surface area contributed by atoms with E-state index < -0.39 is 0 Å². The van der Waals surface area contributed by atoms with Crippen LogP contribution in [0.2, 0.25) is 0 Å². The molecule has 0 aliphatic carbocycles. The number of aromatic amines is 2. The Labute approximate surface area is 212 Å². The molecule has 0 radical (unpaired) electrons. The Morgan fingerprint density at radius 1 is 0.973 bits per heavy atom. The van der Waals surface area contributed by atoms with E-state index in [0.29, 0.717) is 28.3 Å². The Hall–Kier alpha value is -4.85. The van der Waals surface area contributed by atoms with Crippen LogP contribution in [-0.2, 0) is 0 Å². The van der Waals surface area contributed by atoms with Crippen molar-refractivity contribution in [1.82, 2.24) is 30.1 Å². The van der Waals surface area contributed by atoms with Crippen molar-refractivity contribution in [2.75, 3.05) is 5.32 Å². The molecule has 8 heteroatoms. The maximum absolute atomic E-state index is 14.1. The number of benzene rings is 2. The number of rotatable bonds is 6. The highest BCUT2D eigenvalue weighted by Crippen LogP contribution is 2.33. The third kappa shape index (κ3) is 4.23. The Bertz CT molecular complexity index is 1780. The van der Waals surface area contributed by atoms with Crippen molar-refractivity contribution in [3.8, 4) is 33.9 Å². The van der Waals surface area contributed by atoms with Gasteiger partial charge in [-0.15, -0.1) is 0 Å². The molecule has 2 aromatic carbocycles. The third-order valence-electron chi connectivity index (χ3n) is 6.32. The Morgan fingerprint density at radius 2 is 1.86 bits per heavy atom. The summed E-state index contributed by atoms with van der Waals surface area (Å²) in [6.45, 7) is 7.93. The number of halogens is 1. The second-order valence-corrected chi connectivity index (χ2v) is 9.04. The summed E-state index contributed by atoms with van der Waals surface area (Å²) in [4.78, 5) is 17.1. The molecule has 0 spiro atoms. The predicted octanol–water partition coefficient (Wildman–Crippen LogP) is 7.01. The van der Waals surface area contributed by atoms with E-state index in [4.69, 9.17) is 4.98 Å². The Kier molecular flexibility index (Phi) is 5.49. The second-order valence-electron chi connectivity index (χ2n) is 9.04. The highest BCUT2D eigenvalue weighted by molar-refractivity contribution is 5.97. The minimum atomic E-state index is -0.303. The lowest BCUT2D eigenvalue weighted by Gasteiger charge is -2.09. The van der Waals surface area contributed by atoms with Crippen LogP contribution < -0.4 is 5.32 Å². The van der Waals surface area contributed by atoms with Crippen LogP contribution >= 0.6 is 0 Å². The highest BCUT2D eigenvalue weighted by Gasteiger charge is 2.17. The lowest BCUT2D eigenvalue weighted by molar-refractivity contribution is 0.627. The molecule has 6 rings (SSSR count). The summed E-state index contributed by atoms with van der Waals surface area (Å²) in [6.07, 6.45) is 6.15. The summed E-state index contributed by atoms with van der Waals surface area (Å²) < 4.78 is 14.1. The van der Waals surface area contributed by atoms with E-state index >= 15 is 0 Å². The number of hydrogen-bond acceptors (Lipinski definition) is 5. The van der Waals surface area contributed by atoms with Crippen molar-refractivity contribution in [2.24, 2.45) is 0 Å². The maximum Gasteiger partial charge on any atom is 0.159 e. The van der Waals surface area contributed by atoms with Crippen molar-refractivity contribution in [3.63, 3.8) is 0 Å². The molecule has 7 nitrogen and oxygen atoms in total. The van der Waals surface area contributed by atoms with Gasteiger partial charge in [0.15, 0.2) is 5.82 Å². The van der Waals surface area contributed by atoms with Gasteiger partial charge < -0.3 is 10.3 Å². The molecule has 182 valence electrons. The molecule has 4 heterocycles. The molecular weight excluding hydrogens is 465 g/mol. The molecule has 6 aromatic rings. The van der Waals surface area contributed by atoms with Gasteiger partial charge in [0.05, 0.1) is 28.6 Å². The molecular formula is C29H24FN7. The molecule has 0 bridgehead atoms. The monoisotopic (exact) mass is 489 g/mol. The molecule has 37 heavy (non-hydrogen) atoms. The number of H-pyrrole nitrogens is 2. The zero-order valence-electron chi connectivity index (χ0n) is 20.4. The summed E-state index contributed by atoms with van der Waals surface area (Å²) in [5.74, 6) is 0.303. The van der Waals surface area contributed by atoms with Gasteiger partial charge in [-0.3, -0.25) is 15.1 Å². The number of aromatic nitrogens is 6. The number of nitrogens with zero attached hydrogens (tertiary/aromatic N) is 4. The van der Waals surface area contributed by atoms with Crippen molar-refractivity contribution in [1.29, 1.82) is 0 Å². The van der Waals surface area contributed by atoms with E-state index in [2.05, 4.69) is 56.1 Å². The standard InChI is InChI=1S/C29H24FN7/c1-4-17(3)33-22-12-20(14-31-15-22)18-5-6-24-23(13-18)27(37-36-24)29-34-25-7-8-32-26(28(25)35-29)19-9-16(2)10-21(30)11-19/h5-15,33H,3-4H2,1-2H3,(H,34,35)(H,36,37). The molecule has 0 saturated heterocycles. The van der Waals surface area contributed by atoms with Gasteiger partial charge in [0.1, 0.15) is 17.0 Å². The smallest absolute Gasteiger partial charge is 0.159 e. The van der Waals surface area contributed by atoms with Crippen molar-refractivity contribution < 1.29 is 4.39 Å². The summed E-state index contributed by atoms with van der Waals surface area (Å²) in [7, 11) is 0. The molecule has 0 amide bonds. The molecule has 0 fully saturated rings. The maximum atomic E-state index is 14.1. The lowest BCUT2D eigenvalue weighted by Crippen LogP contribution is -1.97. The summed E-state index contributed by atoms with van der Waals surface area (Å²) in [5.41, 5.74) is 8.96. The van der Waals surface area contributed by atoms with Crippen LogP contribution in [0.5, 0.6) is 0 Å². The molecule has 0 unspecified atom stereocenters. The van der Waals surface area contributed by atoms with Gasteiger partial charge in [-0.1, -0.05) is 19.6 Å². The summed E-state index contributed by atoms with van der Waals surface area (Å²) in [5, 5.41) is 11.9. The predicted molar refractivity (Wildman–Crippen MR) is 145 cm³/mol. The first-order chi connectivity index (χ1) is 18.0. The largest absolute Gasteiger partial charge is 0.358 e. The van der Waals surface area contributed by atoms with Crippen molar-refractivity contribution in [3.05, 3.63) is 90.8 Å². The number of nitrogens with one attached hydrogen (secondary N) is 3. The Balaban J connectivity index is 1.43. The van der Waals surface area contributed by atoms with Gasteiger partial charge in [-0.05, 0) is 66.9 Å². The fourth-order valence-electron chi connectivity index (χ4n) is 4.46. The minimum absolute atomic E-state index is 0.303. The summed E-state index contributed by atoms with van der Waals surface area (Å²) in [6, 6.07) is 14.9. The fourth-order valence-corrected chi connectivity index (χ4v) is 4.46. The van der Waals surface area contributed by atoms with Crippen LogP contribution in [0.1, 0.15) is 18.9 Å². The van der Waals surface area contributed by atoms with Crippen LogP contribution in [0.4, 0.5) is 10.1 Å². The van der Waals surface area contributed by atoms with Gasteiger partial charge in [-0.2, -0.15) is 5.10 Å². The first-order valence-corrected chi connectivity index (χ1v) is 12.0. The zero-order chi connectivity index (χ0) is 25.5. The number of fused-ring (bicyclic) bond motifs is 2. The van der Waals surface area contributed by atoms with Gasteiger partial charge in [-0.25, -0.2) is 9.37 Å². The van der Waals surface area contributed by atoms with E-state index in [1.807, 2.05) is 37.4 Å². The molecule has 3 N–H and O–H groups in total. The molecule has 0 aliphatic rings. The number of aryl methyl sites for hydroxylation is 1. The first-order valence-electron chi connectivity index (χ1n) is 12.0. The lowest BCUT2D eigenvalue weighted by atomic mass is 10.0. The van der Waals surface area contributed by atoms with E-state index in [1.54, 1.807) is 12.4 Å². The SMILES string of the molecule is C=C(CC)Nc1cncc(-c2ccc3[nH]nc(-c4nc5c(-c6cc(C)cc(F)c6)nccc5[nH]4)c3c2)c1. The van der Waals surface area contributed by atoms with Gasteiger partial charge >= 0.3 is 0 Å². The number of anilines is 1. The van der Waals surface area contributed by atoms with E-state index in [0.717, 1.165) is 50.9 Å². The van der Waals surface area contributed by atoms with Crippen LogP contribution in [0, 0.1) is 12.7 Å². The normalized spacial score (nSPS) is 11.3. The van der Waals surface area contributed by atoms with Crippen LogP contribution in [0.15, 0.2) is 79.4 Å². The Morgan fingerprint density at radius 3 is 2.70 bits per heavy atom. The molecule has 0 aliphatic heterocycles. The number of imidazole rings is 1. The average molecular weight is 490 g/mol. The quantitative estimate of drug-likeness (QED) is 0.234. The number of allylic oxidation sites excluding steroid dienone is 1. The second kappa shape index (κ2) is 8.98. The zero-order valence-corrected chi connectivity index (χ0v) is 20.4. The number of pyridine rings is 2. The summed E-state index contributed by atoms with van der Waals surface area (Å²) >= 11 is 0. The van der Waals surface area contributed by atoms with Gasteiger partial charge in [0.2, 0.25) is 0 Å². The fraction of sp³-hybridized carbons (Fsp3) is 0.103. The molecule has 0 saturated carbocycles. The average Bonchev–Trinajstić information content (AvgIpc) is 3.51. The number of hydrogen-bond donors (Lipinski definition) is 3. The first kappa shape index (κ1) is 22.6.